The molecule has 0 saturated heterocycles. The number of benzene rings is 2. The fourth-order valence-corrected chi connectivity index (χ4v) is 2.46. The third-order valence-electron chi connectivity index (χ3n) is 3.41. The van der Waals surface area contributed by atoms with Crippen LogP contribution < -0.4 is 14.8 Å². The van der Waals surface area contributed by atoms with Gasteiger partial charge in [-0.1, -0.05) is 35.9 Å². The summed E-state index contributed by atoms with van der Waals surface area (Å²) in [5, 5.41) is 4.19. The molecule has 2 aromatic rings. The number of halogens is 1. The Bertz CT molecular complexity index is 598. The molecule has 1 N–H and O–H groups in total. The zero-order valence-electron chi connectivity index (χ0n) is 11.8. The van der Waals surface area contributed by atoms with E-state index in [9.17, 15) is 0 Å². The van der Waals surface area contributed by atoms with E-state index in [4.69, 9.17) is 21.1 Å². The summed E-state index contributed by atoms with van der Waals surface area (Å²) in [6.45, 7) is 2.96. The Hall–Kier alpha value is -1.71. The van der Waals surface area contributed by atoms with Gasteiger partial charge in [-0.15, -0.1) is 0 Å². The third-order valence-corrected chi connectivity index (χ3v) is 3.66. The summed E-state index contributed by atoms with van der Waals surface area (Å²) in [4.78, 5) is 0. The van der Waals surface area contributed by atoms with Crippen LogP contribution in [0.2, 0.25) is 5.02 Å². The normalized spacial score (nSPS) is 13.8. The smallest absolute Gasteiger partial charge is 0.165 e. The van der Waals surface area contributed by atoms with Crippen LogP contribution in [0.1, 0.15) is 17.5 Å². The van der Waals surface area contributed by atoms with Crippen LogP contribution in [0.5, 0.6) is 11.5 Å². The molecule has 1 heterocycles. The maximum atomic E-state index is 5.89. The fourth-order valence-electron chi connectivity index (χ4n) is 2.34. The second kappa shape index (κ2) is 6.83. The molecule has 3 nitrogen and oxygen atoms in total. The quantitative estimate of drug-likeness (QED) is 0.932. The van der Waals surface area contributed by atoms with Crippen molar-refractivity contribution in [1.29, 1.82) is 0 Å². The summed E-state index contributed by atoms with van der Waals surface area (Å²) < 4.78 is 11.5. The van der Waals surface area contributed by atoms with Crippen LogP contribution in [0.4, 0.5) is 0 Å². The first kappa shape index (κ1) is 14.2. The van der Waals surface area contributed by atoms with Crippen molar-refractivity contribution in [3.63, 3.8) is 0 Å². The van der Waals surface area contributed by atoms with Gasteiger partial charge in [0.05, 0.1) is 13.2 Å². The molecule has 0 amide bonds. The van der Waals surface area contributed by atoms with Crippen molar-refractivity contribution in [3.05, 3.63) is 58.6 Å². The van der Waals surface area contributed by atoms with Gasteiger partial charge in [0.2, 0.25) is 0 Å². The molecule has 1 aliphatic heterocycles. The number of hydrogen-bond donors (Lipinski definition) is 1. The first-order valence-corrected chi connectivity index (χ1v) is 7.53. The van der Waals surface area contributed by atoms with Gasteiger partial charge in [0.25, 0.3) is 0 Å². The van der Waals surface area contributed by atoms with Crippen LogP contribution in [0.3, 0.4) is 0 Å². The zero-order valence-corrected chi connectivity index (χ0v) is 12.5. The van der Waals surface area contributed by atoms with E-state index in [2.05, 4.69) is 11.4 Å². The standard InChI is InChI=1S/C17H18ClNO2/c18-15-7-5-13(6-8-15)11-19-12-14-3-1-4-16-17(14)21-10-2-9-20-16/h1,3-8,19H,2,9-12H2. The Labute approximate surface area is 129 Å². The molecule has 0 spiro atoms. The van der Waals surface area contributed by atoms with Crippen LogP contribution in [0.15, 0.2) is 42.5 Å². The van der Waals surface area contributed by atoms with E-state index >= 15 is 0 Å². The molecule has 0 unspecified atom stereocenters. The van der Waals surface area contributed by atoms with E-state index in [-0.39, 0.29) is 0 Å². The molecule has 4 heteroatoms. The number of ether oxygens (including phenoxy) is 2. The van der Waals surface area contributed by atoms with E-state index in [1.54, 1.807) is 0 Å². The van der Waals surface area contributed by atoms with Gasteiger partial charge in [0.1, 0.15) is 0 Å². The number of nitrogens with one attached hydrogen (secondary N) is 1. The lowest BCUT2D eigenvalue weighted by Crippen LogP contribution is -2.13. The average molecular weight is 304 g/mol. The maximum absolute atomic E-state index is 5.89. The SMILES string of the molecule is Clc1ccc(CNCc2cccc3c2OCCCO3)cc1. The van der Waals surface area contributed by atoms with E-state index in [1.807, 2.05) is 36.4 Å². The minimum absolute atomic E-state index is 0.710. The van der Waals surface area contributed by atoms with Crippen LogP contribution >= 0.6 is 11.6 Å². The van der Waals surface area contributed by atoms with Gasteiger partial charge in [-0.25, -0.2) is 0 Å². The van der Waals surface area contributed by atoms with Crippen molar-refractivity contribution in [2.45, 2.75) is 19.5 Å². The molecule has 0 aliphatic carbocycles. The van der Waals surface area contributed by atoms with E-state index in [1.165, 1.54) is 5.56 Å². The van der Waals surface area contributed by atoms with Crippen molar-refractivity contribution >= 4 is 11.6 Å². The highest BCUT2D eigenvalue weighted by molar-refractivity contribution is 6.30. The minimum Gasteiger partial charge on any atom is -0.490 e. The molecule has 1 aliphatic rings. The summed E-state index contributed by atoms with van der Waals surface area (Å²) >= 11 is 5.89. The Kier molecular flexibility index (Phi) is 4.63. The third kappa shape index (κ3) is 3.69. The number of para-hydroxylation sites is 1. The molecule has 110 valence electrons. The summed E-state index contributed by atoms with van der Waals surface area (Å²) in [6, 6.07) is 13.9. The molecule has 0 radical (unpaired) electrons. The monoisotopic (exact) mass is 303 g/mol. The van der Waals surface area contributed by atoms with Gasteiger partial charge in [-0.05, 0) is 23.8 Å². The van der Waals surface area contributed by atoms with E-state index in [0.717, 1.165) is 41.6 Å². The molecule has 0 saturated carbocycles. The first-order valence-electron chi connectivity index (χ1n) is 7.15. The maximum Gasteiger partial charge on any atom is 0.165 e. The molecule has 21 heavy (non-hydrogen) atoms. The predicted molar refractivity (Wildman–Crippen MR) is 84.0 cm³/mol. The number of rotatable bonds is 4. The Balaban J connectivity index is 1.64. The number of hydrogen-bond acceptors (Lipinski definition) is 3. The van der Waals surface area contributed by atoms with Gasteiger partial charge in [0.15, 0.2) is 11.5 Å². The van der Waals surface area contributed by atoms with Crippen LogP contribution in [0.25, 0.3) is 0 Å². The molecule has 0 fully saturated rings. The average Bonchev–Trinajstić information content (AvgIpc) is 2.75. The predicted octanol–water partition coefficient (Wildman–Crippen LogP) is 3.79. The van der Waals surface area contributed by atoms with Gasteiger partial charge >= 0.3 is 0 Å². The Morgan fingerprint density at radius 1 is 0.952 bits per heavy atom. The highest BCUT2D eigenvalue weighted by Gasteiger charge is 2.13. The lowest BCUT2D eigenvalue weighted by Gasteiger charge is -2.13. The molecule has 2 aromatic carbocycles. The lowest BCUT2D eigenvalue weighted by atomic mass is 10.1. The van der Waals surface area contributed by atoms with Crippen molar-refractivity contribution in [2.24, 2.45) is 0 Å². The van der Waals surface area contributed by atoms with Crippen molar-refractivity contribution in [3.8, 4) is 11.5 Å². The van der Waals surface area contributed by atoms with Gasteiger partial charge in [0, 0.05) is 30.1 Å². The Morgan fingerprint density at radius 3 is 2.62 bits per heavy atom. The highest BCUT2D eigenvalue weighted by Crippen LogP contribution is 2.33. The van der Waals surface area contributed by atoms with Crippen LogP contribution in [-0.4, -0.2) is 13.2 Å². The summed E-state index contributed by atoms with van der Waals surface area (Å²) in [5.74, 6) is 1.72. The largest absolute Gasteiger partial charge is 0.490 e. The zero-order chi connectivity index (χ0) is 14.5. The molecule has 0 aromatic heterocycles. The second-order valence-corrected chi connectivity index (χ2v) is 5.46. The summed E-state index contributed by atoms with van der Waals surface area (Å²) in [7, 11) is 0. The van der Waals surface area contributed by atoms with Gasteiger partial charge < -0.3 is 14.8 Å². The molecule has 0 bridgehead atoms. The van der Waals surface area contributed by atoms with Gasteiger partial charge in [-0.3, -0.25) is 0 Å². The molecule has 0 atom stereocenters. The molecular weight excluding hydrogens is 286 g/mol. The number of fused-ring (bicyclic) bond motifs is 1. The minimum atomic E-state index is 0.710. The summed E-state index contributed by atoms with van der Waals surface area (Å²) in [5.41, 5.74) is 2.34. The topological polar surface area (TPSA) is 30.5 Å². The van der Waals surface area contributed by atoms with Crippen molar-refractivity contribution in [1.82, 2.24) is 5.32 Å². The van der Waals surface area contributed by atoms with Crippen molar-refractivity contribution < 1.29 is 9.47 Å². The highest BCUT2D eigenvalue weighted by atomic mass is 35.5. The Morgan fingerprint density at radius 2 is 1.76 bits per heavy atom. The van der Waals surface area contributed by atoms with E-state index < -0.39 is 0 Å². The lowest BCUT2D eigenvalue weighted by molar-refractivity contribution is 0.296. The fraction of sp³-hybridized carbons (Fsp3) is 0.294. The first-order chi connectivity index (χ1) is 10.3. The van der Waals surface area contributed by atoms with Crippen LogP contribution in [0, 0.1) is 0 Å². The molecule has 3 rings (SSSR count). The van der Waals surface area contributed by atoms with Gasteiger partial charge in [-0.2, -0.15) is 0 Å². The molecular formula is C17H18ClNO2. The van der Waals surface area contributed by atoms with E-state index in [0.29, 0.717) is 13.2 Å². The summed E-state index contributed by atoms with van der Waals surface area (Å²) in [6.07, 6.45) is 0.923. The second-order valence-electron chi connectivity index (χ2n) is 5.02. The van der Waals surface area contributed by atoms with Crippen molar-refractivity contribution in [2.75, 3.05) is 13.2 Å². The van der Waals surface area contributed by atoms with Crippen LogP contribution in [-0.2, 0) is 13.1 Å².